The molecule has 0 fully saturated rings. The molecule has 0 nitrogen and oxygen atoms in total. The van der Waals surface area contributed by atoms with Crippen molar-refractivity contribution in [1.29, 1.82) is 0 Å². The van der Waals surface area contributed by atoms with Gasteiger partial charge in [-0.05, 0) is 32.3 Å². The van der Waals surface area contributed by atoms with Crippen LogP contribution in [0.4, 0.5) is 0 Å². The predicted octanol–water partition coefficient (Wildman–Crippen LogP) is 4.03. The van der Waals surface area contributed by atoms with Crippen LogP contribution in [0.3, 0.4) is 0 Å². The molecule has 0 saturated heterocycles. The highest BCUT2D eigenvalue weighted by Gasteiger charge is 2.12. The quantitative estimate of drug-likeness (QED) is 0.567. The highest BCUT2D eigenvalue weighted by molar-refractivity contribution is 5.36. The molecule has 13 heavy (non-hydrogen) atoms. The molecule has 0 spiro atoms. The van der Waals surface area contributed by atoms with Gasteiger partial charge in [-0.15, -0.1) is 6.58 Å². The van der Waals surface area contributed by atoms with E-state index < -0.39 is 0 Å². The van der Waals surface area contributed by atoms with Gasteiger partial charge in [0, 0.05) is 5.92 Å². The van der Waals surface area contributed by atoms with Crippen LogP contribution in [-0.4, -0.2) is 0 Å². The molecule has 0 bridgehead atoms. The van der Waals surface area contributed by atoms with Gasteiger partial charge in [0.1, 0.15) is 0 Å². The number of hydrogen-bond acceptors (Lipinski definition) is 0. The van der Waals surface area contributed by atoms with E-state index in [1.165, 1.54) is 16.7 Å². The fourth-order valence-corrected chi connectivity index (χ4v) is 1.61. The molecular weight excluding hydrogens is 156 g/mol. The summed E-state index contributed by atoms with van der Waals surface area (Å²) in [6.07, 6.45) is 8.69. The zero-order valence-electron chi connectivity index (χ0n) is 8.64. The molecule has 1 aliphatic carbocycles. The van der Waals surface area contributed by atoms with E-state index in [1.54, 1.807) is 0 Å². The van der Waals surface area contributed by atoms with Crippen LogP contribution in [-0.2, 0) is 0 Å². The summed E-state index contributed by atoms with van der Waals surface area (Å²) in [5.74, 6) is 0.540. The van der Waals surface area contributed by atoms with E-state index in [4.69, 9.17) is 0 Å². The van der Waals surface area contributed by atoms with Crippen LogP contribution < -0.4 is 0 Å². The monoisotopic (exact) mass is 174 g/mol. The van der Waals surface area contributed by atoms with Crippen molar-refractivity contribution in [2.45, 2.75) is 26.7 Å². The van der Waals surface area contributed by atoms with Crippen molar-refractivity contribution in [3.05, 3.63) is 48.1 Å². The second-order valence-electron chi connectivity index (χ2n) is 3.76. The van der Waals surface area contributed by atoms with Gasteiger partial charge in [0.25, 0.3) is 0 Å². The van der Waals surface area contributed by atoms with Crippen LogP contribution in [0.25, 0.3) is 0 Å². The Morgan fingerprint density at radius 2 is 2.38 bits per heavy atom. The fourth-order valence-electron chi connectivity index (χ4n) is 1.61. The molecule has 0 heterocycles. The van der Waals surface area contributed by atoms with Crippen LogP contribution in [0.1, 0.15) is 26.7 Å². The lowest BCUT2D eigenvalue weighted by atomic mass is 9.86. The van der Waals surface area contributed by atoms with Gasteiger partial charge >= 0.3 is 0 Å². The zero-order valence-corrected chi connectivity index (χ0v) is 8.64. The predicted molar refractivity (Wildman–Crippen MR) is 59.6 cm³/mol. The van der Waals surface area contributed by atoms with Crippen LogP contribution in [0.2, 0.25) is 0 Å². The van der Waals surface area contributed by atoms with Crippen molar-refractivity contribution in [3.8, 4) is 0 Å². The van der Waals surface area contributed by atoms with Gasteiger partial charge < -0.3 is 0 Å². The van der Waals surface area contributed by atoms with E-state index in [1.807, 2.05) is 6.08 Å². The molecule has 0 radical (unpaired) electrons. The molecule has 0 aromatic rings. The van der Waals surface area contributed by atoms with Gasteiger partial charge in [-0.2, -0.15) is 0 Å². The SMILES string of the molecule is C=CCC1=C[C@@H](C(=C)C)CC=C1C. The van der Waals surface area contributed by atoms with Gasteiger partial charge in [0.05, 0.1) is 0 Å². The van der Waals surface area contributed by atoms with Crippen LogP contribution in [0, 0.1) is 5.92 Å². The van der Waals surface area contributed by atoms with E-state index in [0.717, 1.165) is 12.8 Å². The molecule has 1 rings (SSSR count). The Bertz CT molecular complexity index is 276. The summed E-state index contributed by atoms with van der Waals surface area (Å²) in [4.78, 5) is 0. The standard InChI is InChI=1S/C13H18/c1-5-6-13-9-12(10(2)3)8-7-11(13)4/h5,7,9,12H,1-2,6,8H2,3-4H3/t12-/m0/s1. The minimum Gasteiger partial charge on any atom is -0.103 e. The highest BCUT2D eigenvalue weighted by atomic mass is 14.2. The Labute approximate surface area is 81.4 Å². The number of allylic oxidation sites excluding steroid dienone is 6. The molecule has 0 N–H and O–H groups in total. The Morgan fingerprint density at radius 3 is 2.92 bits per heavy atom. The van der Waals surface area contributed by atoms with Gasteiger partial charge in [0.2, 0.25) is 0 Å². The molecule has 70 valence electrons. The fraction of sp³-hybridized carbons (Fsp3) is 0.385. The Hall–Kier alpha value is -1.04. The zero-order chi connectivity index (χ0) is 9.84. The van der Waals surface area contributed by atoms with Gasteiger partial charge in [0.15, 0.2) is 0 Å². The smallest absolute Gasteiger partial charge is 0.00120 e. The second kappa shape index (κ2) is 4.27. The maximum atomic E-state index is 4.00. The molecule has 0 aromatic carbocycles. The van der Waals surface area contributed by atoms with Crippen molar-refractivity contribution in [2.75, 3.05) is 0 Å². The highest BCUT2D eigenvalue weighted by Crippen LogP contribution is 2.28. The van der Waals surface area contributed by atoms with Crippen LogP contribution in [0.5, 0.6) is 0 Å². The lowest BCUT2D eigenvalue weighted by molar-refractivity contribution is 0.750. The molecular formula is C13H18. The first kappa shape index (κ1) is 10.0. The lowest BCUT2D eigenvalue weighted by Gasteiger charge is -2.19. The van der Waals surface area contributed by atoms with Crippen molar-refractivity contribution in [3.63, 3.8) is 0 Å². The number of hydrogen-bond donors (Lipinski definition) is 0. The van der Waals surface area contributed by atoms with Crippen molar-refractivity contribution in [2.24, 2.45) is 5.92 Å². The largest absolute Gasteiger partial charge is 0.103 e. The van der Waals surface area contributed by atoms with Gasteiger partial charge in [-0.1, -0.05) is 36.0 Å². The molecule has 1 aliphatic rings. The average molecular weight is 174 g/mol. The van der Waals surface area contributed by atoms with Gasteiger partial charge in [-0.3, -0.25) is 0 Å². The van der Waals surface area contributed by atoms with Crippen LogP contribution in [0.15, 0.2) is 48.1 Å². The molecule has 0 amide bonds. The molecule has 0 saturated carbocycles. The Morgan fingerprint density at radius 1 is 1.69 bits per heavy atom. The number of rotatable bonds is 3. The summed E-state index contributed by atoms with van der Waals surface area (Å²) in [6, 6.07) is 0. The molecule has 0 heteroatoms. The molecule has 0 aliphatic heterocycles. The van der Waals surface area contributed by atoms with E-state index in [0.29, 0.717) is 5.92 Å². The third-order valence-corrected chi connectivity index (χ3v) is 2.58. The molecule has 1 atom stereocenters. The van der Waals surface area contributed by atoms with E-state index in [9.17, 15) is 0 Å². The van der Waals surface area contributed by atoms with E-state index >= 15 is 0 Å². The average Bonchev–Trinajstić information content (AvgIpc) is 2.08. The third-order valence-electron chi connectivity index (χ3n) is 2.58. The van der Waals surface area contributed by atoms with E-state index in [2.05, 4.69) is 39.2 Å². The lowest BCUT2D eigenvalue weighted by Crippen LogP contribution is -2.03. The summed E-state index contributed by atoms with van der Waals surface area (Å²) < 4.78 is 0. The Kier molecular flexibility index (Phi) is 3.30. The second-order valence-corrected chi connectivity index (χ2v) is 3.76. The maximum Gasteiger partial charge on any atom is 0.00120 e. The summed E-state index contributed by atoms with van der Waals surface area (Å²) >= 11 is 0. The van der Waals surface area contributed by atoms with Crippen molar-refractivity contribution >= 4 is 0 Å². The first-order valence-electron chi connectivity index (χ1n) is 4.79. The topological polar surface area (TPSA) is 0 Å². The first-order chi connectivity index (χ1) is 6.15. The maximum absolute atomic E-state index is 4.00. The molecule has 0 unspecified atom stereocenters. The molecule has 0 aromatic heterocycles. The summed E-state index contributed by atoms with van der Waals surface area (Å²) in [5, 5.41) is 0. The van der Waals surface area contributed by atoms with Crippen molar-refractivity contribution in [1.82, 2.24) is 0 Å². The van der Waals surface area contributed by atoms with Gasteiger partial charge in [-0.25, -0.2) is 0 Å². The summed E-state index contributed by atoms with van der Waals surface area (Å²) in [7, 11) is 0. The van der Waals surface area contributed by atoms with Crippen molar-refractivity contribution < 1.29 is 0 Å². The minimum absolute atomic E-state index is 0.540. The van der Waals surface area contributed by atoms with Crippen LogP contribution >= 0.6 is 0 Å². The Balaban J connectivity index is 2.81. The normalized spacial score (nSPS) is 21.8. The minimum atomic E-state index is 0.540. The summed E-state index contributed by atoms with van der Waals surface area (Å²) in [5.41, 5.74) is 4.07. The summed E-state index contributed by atoms with van der Waals surface area (Å²) in [6.45, 7) is 12.0. The van der Waals surface area contributed by atoms with E-state index in [-0.39, 0.29) is 0 Å². The third kappa shape index (κ3) is 2.45. The first-order valence-corrected chi connectivity index (χ1v) is 4.79.